The fourth-order valence-electron chi connectivity index (χ4n) is 4.61. The predicted octanol–water partition coefficient (Wildman–Crippen LogP) is 5.52. The number of likely N-dealkylation sites (tertiary alicyclic amines) is 1. The van der Waals surface area contributed by atoms with Crippen molar-refractivity contribution in [3.8, 4) is 5.75 Å². The normalized spacial score (nSPS) is 27.5. The Morgan fingerprint density at radius 1 is 1.19 bits per heavy atom. The molecular weight excluding hydrogens is 318 g/mol. The average molecular weight is 354 g/mol. The molecule has 1 aromatic carbocycles. The van der Waals surface area contributed by atoms with Crippen molar-refractivity contribution in [2.75, 3.05) is 19.7 Å². The number of fused-ring (bicyclic) bond motifs is 4. The van der Waals surface area contributed by atoms with Crippen LogP contribution in [0.1, 0.15) is 59.1 Å². The maximum Gasteiger partial charge on any atom is 0.120 e. The minimum absolute atomic E-state index is 0.260. The van der Waals surface area contributed by atoms with E-state index in [1.54, 1.807) is 0 Å². The van der Waals surface area contributed by atoms with Crippen LogP contribution < -0.4 is 4.74 Å². The largest absolute Gasteiger partial charge is 0.490 e. The number of hydrogen-bond acceptors (Lipinski definition) is 2. The van der Waals surface area contributed by atoms with Gasteiger partial charge in [-0.25, -0.2) is 0 Å². The molecular formula is C24H35NO. The third-order valence-corrected chi connectivity index (χ3v) is 6.57. The van der Waals surface area contributed by atoms with E-state index in [1.165, 1.54) is 35.2 Å². The highest BCUT2D eigenvalue weighted by Crippen LogP contribution is 2.49. The third kappa shape index (κ3) is 3.76. The van der Waals surface area contributed by atoms with Crippen LogP contribution in [-0.2, 0) is 11.8 Å². The van der Waals surface area contributed by atoms with Crippen LogP contribution in [0.25, 0.3) is 0 Å². The topological polar surface area (TPSA) is 12.5 Å². The number of rotatable bonds is 5. The van der Waals surface area contributed by atoms with E-state index in [9.17, 15) is 0 Å². The summed E-state index contributed by atoms with van der Waals surface area (Å²) in [5, 5.41) is 0. The maximum atomic E-state index is 5.99. The lowest BCUT2D eigenvalue weighted by Gasteiger charge is -2.54. The first kappa shape index (κ1) is 19.2. The van der Waals surface area contributed by atoms with E-state index in [0.717, 1.165) is 18.7 Å². The molecule has 1 fully saturated rings. The second-order valence-corrected chi connectivity index (χ2v) is 8.92. The Balaban J connectivity index is 1.84. The summed E-state index contributed by atoms with van der Waals surface area (Å²) in [5.41, 5.74) is 6.02. The van der Waals surface area contributed by atoms with Gasteiger partial charge in [-0.1, -0.05) is 37.1 Å². The third-order valence-electron chi connectivity index (χ3n) is 6.57. The first-order valence-corrected chi connectivity index (χ1v) is 10.1. The molecule has 1 aliphatic carbocycles. The molecule has 0 spiro atoms. The van der Waals surface area contributed by atoms with Gasteiger partial charge in [0.1, 0.15) is 12.4 Å². The van der Waals surface area contributed by atoms with Gasteiger partial charge in [-0.05, 0) is 87.7 Å². The van der Waals surface area contributed by atoms with Crippen molar-refractivity contribution in [2.24, 2.45) is 5.92 Å². The molecule has 2 nitrogen and oxygen atoms in total. The molecule has 2 aliphatic rings. The van der Waals surface area contributed by atoms with E-state index in [4.69, 9.17) is 4.74 Å². The molecule has 1 heterocycles. The van der Waals surface area contributed by atoms with Crippen molar-refractivity contribution in [1.82, 2.24) is 4.90 Å². The van der Waals surface area contributed by atoms with Gasteiger partial charge in [0.25, 0.3) is 0 Å². The lowest BCUT2D eigenvalue weighted by molar-refractivity contribution is 0.0396. The highest BCUT2D eigenvalue weighted by Gasteiger charge is 2.48. The van der Waals surface area contributed by atoms with Crippen molar-refractivity contribution in [3.05, 3.63) is 52.6 Å². The van der Waals surface area contributed by atoms with Gasteiger partial charge >= 0.3 is 0 Å². The van der Waals surface area contributed by atoms with Gasteiger partial charge in [0.2, 0.25) is 0 Å². The van der Waals surface area contributed by atoms with Gasteiger partial charge in [0.15, 0.2) is 0 Å². The highest BCUT2D eigenvalue weighted by atomic mass is 16.5. The average Bonchev–Trinajstić information content (AvgIpc) is 2.57. The number of piperidine rings is 1. The summed E-state index contributed by atoms with van der Waals surface area (Å²) in [6, 6.07) is 7.45. The summed E-state index contributed by atoms with van der Waals surface area (Å²) >= 11 is 0. The van der Waals surface area contributed by atoms with E-state index < -0.39 is 0 Å². The van der Waals surface area contributed by atoms with Crippen LogP contribution in [0.5, 0.6) is 5.75 Å². The predicted molar refractivity (Wildman–Crippen MR) is 111 cm³/mol. The van der Waals surface area contributed by atoms with Gasteiger partial charge in [0.05, 0.1) is 0 Å². The molecule has 3 atom stereocenters. The Bertz CT molecular complexity index is 709. The van der Waals surface area contributed by atoms with Crippen LogP contribution in [0.2, 0.25) is 0 Å². The molecule has 3 rings (SSSR count). The van der Waals surface area contributed by atoms with Crippen molar-refractivity contribution in [2.45, 2.75) is 65.8 Å². The van der Waals surface area contributed by atoms with Crippen LogP contribution in [0.15, 0.2) is 41.5 Å². The standard InChI is InChI=1S/C24H35NO/c1-17(2)9-12-25-13-11-24(6)19(5)23(25)15-20-7-8-21(16-22(20)24)26-14-10-18(3)4/h7-10,16,19,23H,11-15H2,1-6H3. The fourth-order valence-corrected chi connectivity index (χ4v) is 4.61. The monoisotopic (exact) mass is 353 g/mol. The van der Waals surface area contributed by atoms with Crippen LogP contribution in [0.3, 0.4) is 0 Å². The molecule has 26 heavy (non-hydrogen) atoms. The first-order chi connectivity index (χ1) is 12.3. The molecule has 0 radical (unpaired) electrons. The Hall–Kier alpha value is -1.54. The Morgan fingerprint density at radius 2 is 1.92 bits per heavy atom. The van der Waals surface area contributed by atoms with Gasteiger partial charge in [-0.3, -0.25) is 4.90 Å². The van der Waals surface area contributed by atoms with Crippen molar-refractivity contribution in [3.63, 3.8) is 0 Å². The number of allylic oxidation sites excluding steroid dienone is 2. The summed E-state index contributed by atoms with van der Waals surface area (Å²) < 4.78 is 5.99. The highest BCUT2D eigenvalue weighted by molar-refractivity contribution is 5.44. The van der Waals surface area contributed by atoms with E-state index in [-0.39, 0.29) is 5.41 Å². The smallest absolute Gasteiger partial charge is 0.120 e. The fraction of sp³-hybridized carbons (Fsp3) is 0.583. The summed E-state index contributed by atoms with van der Waals surface area (Å²) in [7, 11) is 0. The summed E-state index contributed by atoms with van der Waals surface area (Å²) in [6.07, 6.45) is 6.91. The number of hydrogen-bond donors (Lipinski definition) is 0. The molecule has 0 saturated carbocycles. The van der Waals surface area contributed by atoms with Gasteiger partial charge in [-0.2, -0.15) is 0 Å². The Kier molecular flexibility index (Phi) is 5.62. The lowest BCUT2D eigenvalue weighted by Crippen LogP contribution is -2.57. The quantitative estimate of drug-likeness (QED) is 0.646. The van der Waals surface area contributed by atoms with Crippen LogP contribution >= 0.6 is 0 Å². The maximum absolute atomic E-state index is 5.99. The molecule has 0 aromatic heterocycles. The van der Waals surface area contributed by atoms with Crippen LogP contribution in [0.4, 0.5) is 0 Å². The Morgan fingerprint density at radius 3 is 2.62 bits per heavy atom. The zero-order valence-corrected chi connectivity index (χ0v) is 17.4. The Labute approximate surface area is 159 Å². The minimum atomic E-state index is 0.260. The molecule has 0 N–H and O–H groups in total. The molecule has 0 amide bonds. The van der Waals surface area contributed by atoms with Crippen LogP contribution in [0, 0.1) is 5.92 Å². The summed E-state index contributed by atoms with van der Waals surface area (Å²) in [4.78, 5) is 2.70. The van der Waals surface area contributed by atoms with E-state index in [1.807, 2.05) is 0 Å². The molecule has 1 aliphatic heterocycles. The van der Waals surface area contributed by atoms with E-state index in [2.05, 4.69) is 76.8 Å². The number of nitrogens with zero attached hydrogens (tertiary/aromatic N) is 1. The van der Waals surface area contributed by atoms with E-state index in [0.29, 0.717) is 18.6 Å². The molecule has 2 heteroatoms. The minimum Gasteiger partial charge on any atom is -0.490 e. The number of benzene rings is 1. The van der Waals surface area contributed by atoms with Crippen LogP contribution in [-0.4, -0.2) is 30.6 Å². The SMILES string of the molecule is CC(C)=CCOc1ccc2c(c1)C1(C)CCN(CC=C(C)C)C(C2)C1C. The molecule has 2 bridgehead atoms. The second kappa shape index (κ2) is 7.60. The number of ether oxygens (including phenoxy) is 1. The zero-order valence-electron chi connectivity index (χ0n) is 17.4. The summed E-state index contributed by atoms with van der Waals surface area (Å²) in [5.74, 6) is 1.68. The molecule has 3 unspecified atom stereocenters. The van der Waals surface area contributed by atoms with Gasteiger partial charge in [-0.15, -0.1) is 0 Å². The lowest BCUT2D eigenvalue weighted by atomic mass is 9.59. The zero-order chi connectivity index (χ0) is 18.9. The van der Waals surface area contributed by atoms with E-state index >= 15 is 0 Å². The molecule has 1 aromatic rings. The molecule has 1 saturated heterocycles. The summed E-state index contributed by atoms with van der Waals surface area (Å²) in [6.45, 7) is 16.5. The van der Waals surface area contributed by atoms with Gasteiger partial charge < -0.3 is 4.74 Å². The first-order valence-electron chi connectivity index (χ1n) is 10.1. The second-order valence-electron chi connectivity index (χ2n) is 8.92. The molecule has 142 valence electrons. The van der Waals surface area contributed by atoms with Crippen molar-refractivity contribution in [1.29, 1.82) is 0 Å². The van der Waals surface area contributed by atoms with Crippen molar-refractivity contribution >= 4 is 0 Å². The van der Waals surface area contributed by atoms with Gasteiger partial charge in [0, 0.05) is 12.6 Å². The van der Waals surface area contributed by atoms with Crippen molar-refractivity contribution < 1.29 is 4.74 Å².